The topological polar surface area (TPSA) is 66.5 Å². The van der Waals surface area contributed by atoms with Gasteiger partial charge in [0.15, 0.2) is 0 Å². The molecule has 0 saturated heterocycles. The molecule has 1 aromatic carbocycles. The smallest absolute Gasteiger partial charge is 0.232 e. The zero-order chi connectivity index (χ0) is 16.9. The van der Waals surface area contributed by atoms with E-state index in [1.54, 1.807) is 0 Å². The van der Waals surface area contributed by atoms with Crippen molar-refractivity contribution in [1.82, 2.24) is 5.32 Å². The van der Waals surface area contributed by atoms with Gasteiger partial charge in [-0.15, -0.1) is 0 Å². The molecule has 0 fully saturated rings. The summed E-state index contributed by atoms with van der Waals surface area (Å²) in [5.74, 6) is -0.127. The Morgan fingerprint density at radius 2 is 1.73 bits per heavy atom. The van der Waals surface area contributed by atoms with Crippen molar-refractivity contribution >= 4 is 21.6 Å². The summed E-state index contributed by atoms with van der Waals surface area (Å²) < 4.78 is 25.6. The van der Waals surface area contributed by atoms with Crippen LogP contribution >= 0.6 is 0 Å². The summed E-state index contributed by atoms with van der Waals surface area (Å²) in [6.07, 6.45) is 2.19. The average Bonchev–Trinajstić information content (AvgIpc) is 2.37. The highest BCUT2D eigenvalue weighted by molar-refractivity contribution is 7.92. The molecule has 0 heterocycles. The van der Waals surface area contributed by atoms with Gasteiger partial charge >= 0.3 is 0 Å². The normalized spacial score (nSPS) is 11.3. The molecule has 22 heavy (non-hydrogen) atoms. The van der Waals surface area contributed by atoms with Crippen LogP contribution in [-0.4, -0.2) is 33.7 Å². The second-order valence-corrected chi connectivity index (χ2v) is 7.59. The Labute approximate surface area is 133 Å². The van der Waals surface area contributed by atoms with Gasteiger partial charge in [-0.1, -0.05) is 24.6 Å². The minimum Gasteiger partial charge on any atom is -0.356 e. The van der Waals surface area contributed by atoms with Gasteiger partial charge in [-0.2, -0.15) is 0 Å². The molecule has 0 aliphatic rings. The van der Waals surface area contributed by atoms with E-state index in [4.69, 9.17) is 0 Å². The van der Waals surface area contributed by atoms with Gasteiger partial charge in [0.1, 0.15) is 0 Å². The quantitative estimate of drug-likeness (QED) is 0.836. The summed E-state index contributed by atoms with van der Waals surface area (Å²) in [4.78, 5) is 11.8. The third-order valence-corrected chi connectivity index (χ3v) is 4.57. The number of benzene rings is 1. The molecule has 0 aliphatic heterocycles. The molecule has 0 aromatic heterocycles. The summed E-state index contributed by atoms with van der Waals surface area (Å²) in [5, 5.41) is 2.77. The monoisotopic (exact) mass is 326 g/mol. The first kappa shape index (κ1) is 18.5. The number of aryl methyl sites for hydroxylation is 3. The molecule has 5 nitrogen and oxygen atoms in total. The van der Waals surface area contributed by atoms with Gasteiger partial charge in [0.25, 0.3) is 0 Å². The van der Waals surface area contributed by atoms with E-state index in [0.717, 1.165) is 23.1 Å². The van der Waals surface area contributed by atoms with Crippen LogP contribution in [-0.2, 0) is 14.8 Å². The molecule has 1 N–H and O–H groups in total. The number of anilines is 1. The number of rotatable bonds is 7. The van der Waals surface area contributed by atoms with Crippen LogP contribution in [0.2, 0.25) is 0 Å². The minimum absolute atomic E-state index is 0.127. The van der Waals surface area contributed by atoms with Crippen LogP contribution in [0.1, 0.15) is 36.5 Å². The molecule has 0 radical (unpaired) electrons. The second-order valence-electron chi connectivity index (χ2n) is 5.68. The maximum absolute atomic E-state index is 12.1. The maximum atomic E-state index is 12.1. The van der Waals surface area contributed by atoms with Crippen LogP contribution in [0, 0.1) is 20.8 Å². The van der Waals surface area contributed by atoms with Gasteiger partial charge < -0.3 is 5.32 Å². The van der Waals surface area contributed by atoms with Gasteiger partial charge in [0.2, 0.25) is 15.9 Å². The second kappa shape index (κ2) is 7.63. The summed E-state index contributed by atoms with van der Waals surface area (Å²) in [5.41, 5.74) is 3.57. The van der Waals surface area contributed by atoms with Crippen LogP contribution in [0.25, 0.3) is 0 Å². The Kier molecular flexibility index (Phi) is 6.41. The third-order valence-electron chi connectivity index (χ3n) is 3.40. The number of carbonyl (C=O) groups excluding carboxylic acids is 1. The Balaban J connectivity index is 3.04. The lowest BCUT2D eigenvalue weighted by molar-refractivity contribution is -0.120. The van der Waals surface area contributed by atoms with E-state index < -0.39 is 10.0 Å². The average molecular weight is 326 g/mol. The van der Waals surface area contributed by atoms with Gasteiger partial charge in [-0.05, 0) is 38.3 Å². The lowest BCUT2D eigenvalue weighted by atomic mass is 10.1. The molecule has 0 aliphatic carbocycles. The highest BCUT2D eigenvalue weighted by Crippen LogP contribution is 2.28. The van der Waals surface area contributed by atoms with Crippen molar-refractivity contribution in [3.8, 4) is 0 Å². The predicted octanol–water partition coefficient (Wildman–Crippen LogP) is 2.29. The van der Waals surface area contributed by atoms with E-state index >= 15 is 0 Å². The number of nitrogens with one attached hydrogen (secondary N) is 1. The lowest BCUT2D eigenvalue weighted by Crippen LogP contribution is -2.35. The summed E-state index contributed by atoms with van der Waals surface area (Å²) in [6.45, 7) is 8.50. The number of nitrogens with zero attached hydrogens (tertiary/aromatic N) is 1. The molecule has 1 rings (SSSR count). The zero-order valence-corrected chi connectivity index (χ0v) is 14.9. The number of hydrogen-bond acceptors (Lipinski definition) is 3. The summed E-state index contributed by atoms with van der Waals surface area (Å²) in [6, 6.07) is 3.91. The van der Waals surface area contributed by atoms with E-state index in [-0.39, 0.29) is 18.9 Å². The van der Waals surface area contributed by atoms with E-state index in [2.05, 4.69) is 5.32 Å². The zero-order valence-electron chi connectivity index (χ0n) is 14.1. The molecule has 1 amide bonds. The molecular weight excluding hydrogens is 300 g/mol. The third kappa shape index (κ3) is 5.02. The molecule has 6 heteroatoms. The van der Waals surface area contributed by atoms with Gasteiger partial charge in [0, 0.05) is 19.5 Å². The Morgan fingerprint density at radius 3 is 2.18 bits per heavy atom. The van der Waals surface area contributed by atoms with Crippen LogP contribution in [0.15, 0.2) is 12.1 Å². The fourth-order valence-electron chi connectivity index (χ4n) is 2.57. The van der Waals surface area contributed by atoms with Crippen molar-refractivity contribution in [2.45, 2.75) is 40.5 Å². The fourth-order valence-corrected chi connectivity index (χ4v) is 3.61. The van der Waals surface area contributed by atoms with Crippen molar-refractivity contribution in [2.75, 3.05) is 23.7 Å². The summed E-state index contributed by atoms with van der Waals surface area (Å²) in [7, 11) is -3.44. The van der Waals surface area contributed by atoms with Crippen LogP contribution in [0.4, 0.5) is 5.69 Å². The van der Waals surface area contributed by atoms with Crippen LogP contribution < -0.4 is 9.62 Å². The number of carbonyl (C=O) groups is 1. The number of hydrogen-bond donors (Lipinski definition) is 1. The van der Waals surface area contributed by atoms with E-state index in [1.807, 2.05) is 39.8 Å². The number of amides is 1. The van der Waals surface area contributed by atoms with Gasteiger partial charge in [-0.3, -0.25) is 9.10 Å². The van der Waals surface area contributed by atoms with E-state index in [1.165, 1.54) is 10.6 Å². The first-order chi connectivity index (χ1) is 10.2. The lowest BCUT2D eigenvalue weighted by Gasteiger charge is -2.26. The van der Waals surface area contributed by atoms with Crippen molar-refractivity contribution < 1.29 is 13.2 Å². The van der Waals surface area contributed by atoms with E-state index in [9.17, 15) is 13.2 Å². The minimum atomic E-state index is -3.44. The van der Waals surface area contributed by atoms with Crippen LogP contribution in [0.3, 0.4) is 0 Å². The van der Waals surface area contributed by atoms with Gasteiger partial charge in [0.05, 0.1) is 11.9 Å². The number of sulfonamides is 1. The maximum Gasteiger partial charge on any atom is 0.232 e. The van der Waals surface area contributed by atoms with Crippen molar-refractivity contribution in [3.63, 3.8) is 0 Å². The van der Waals surface area contributed by atoms with Crippen LogP contribution in [0.5, 0.6) is 0 Å². The molecular formula is C16H26N2O3S. The highest BCUT2D eigenvalue weighted by atomic mass is 32.2. The SMILES string of the molecule is CCCNC(=O)CCN(c1c(C)cc(C)cc1C)S(C)(=O)=O. The van der Waals surface area contributed by atoms with Gasteiger partial charge in [-0.25, -0.2) is 8.42 Å². The predicted molar refractivity (Wildman–Crippen MR) is 90.8 cm³/mol. The Morgan fingerprint density at radius 1 is 1.18 bits per heavy atom. The molecule has 0 spiro atoms. The molecule has 0 saturated carbocycles. The molecule has 0 bridgehead atoms. The van der Waals surface area contributed by atoms with Crippen molar-refractivity contribution in [3.05, 3.63) is 28.8 Å². The van der Waals surface area contributed by atoms with E-state index in [0.29, 0.717) is 12.2 Å². The Bertz CT molecular complexity index is 616. The molecule has 124 valence electrons. The molecule has 0 atom stereocenters. The molecule has 0 unspecified atom stereocenters. The fraction of sp³-hybridized carbons (Fsp3) is 0.562. The Hall–Kier alpha value is -1.56. The first-order valence-electron chi connectivity index (χ1n) is 7.49. The first-order valence-corrected chi connectivity index (χ1v) is 9.34. The largest absolute Gasteiger partial charge is 0.356 e. The van der Waals surface area contributed by atoms with Crippen molar-refractivity contribution in [1.29, 1.82) is 0 Å². The highest BCUT2D eigenvalue weighted by Gasteiger charge is 2.22. The molecule has 1 aromatic rings. The standard InChI is InChI=1S/C16H26N2O3S/c1-6-8-17-15(19)7-9-18(22(5,20)21)16-13(3)10-12(2)11-14(16)4/h10-11H,6-9H2,1-5H3,(H,17,19). The summed E-state index contributed by atoms with van der Waals surface area (Å²) >= 11 is 0. The van der Waals surface area contributed by atoms with Crippen molar-refractivity contribution in [2.24, 2.45) is 0 Å².